The van der Waals surface area contributed by atoms with Gasteiger partial charge in [-0.25, -0.2) is 4.98 Å². The molecule has 0 bridgehead atoms. The Bertz CT molecular complexity index is 1030. The van der Waals surface area contributed by atoms with Crippen molar-refractivity contribution in [2.24, 2.45) is 0 Å². The van der Waals surface area contributed by atoms with Gasteiger partial charge >= 0.3 is 0 Å². The maximum Gasteiger partial charge on any atom is 0.228 e. The van der Waals surface area contributed by atoms with E-state index in [9.17, 15) is 4.79 Å². The molecule has 1 amide bonds. The quantitative estimate of drug-likeness (QED) is 0.529. The van der Waals surface area contributed by atoms with Crippen LogP contribution >= 0.6 is 11.3 Å². The molecule has 1 aromatic heterocycles. The SMILES string of the molecule is CCOc1ccccc1-c1nc(CC(=O)N2CCCN(c3ccc(OC)cc3)CC2)cs1. The number of rotatable bonds is 7. The van der Waals surface area contributed by atoms with Gasteiger partial charge in [0.25, 0.3) is 0 Å². The predicted octanol–water partition coefficient (Wildman–Crippen LogP) is 4.50. The Morgan fingerprint density at radius 3 is 2.66 bits per heavy atom. The molecule has 4 rings (SSSR count). The fourth-order valence-corrected chi connectivity index (χ4v) is 4.77. The molecule has 168 valence electrons. The molecule has 2 aromatic carbocycles. The van der Waals surface area contributed by atoms with Gasteiger partial charge in [-0.05, 0) is 49.7 Å². The summed E-state index contributed by atoms with van der Waals surface area (Å²) in [6.07, 6.45) is 1.28. The molecule has 0 aliphatic carbocycles. The predicted molar refractivity (Wildman–Crippen MR) is 129 cm³/mol. The Labute approximate surface area is 193 Å². The molecule has 1 aliphatic heterocycles. The molecule has 3 aromatic rings. The number of hydrogen-bond donors (Lipinski definition) is 0. The largest absolute Gasteiger partial charge is 0.497 e. The molecule has 0 radical (unpaired) electrons. The van der Waals surface area contributed by atoms with Crippen molar-refractivity contribution < 1.29 is 14.3 Å². The minimum Gasteiger partial charge on any atom is -0.497 e. The number of nitrogens with zero attached hydrogens (tertiary/aromatic N) is 3. The number of carbonyl (C=O) groups excluding carboxylic acids is 1. The van der Waals surface area contributed by atoms with Crippen molar-refractivity contribution >= 4 is 22.9 Å². The fourth-order valence-electron chi connectivity index (χ4n) is 3.92. The van der Waals surface area contributed by atoms with Crippen molar-refractivity contribution in [3.63, 3.8) is 0 Å². The normalized spacial score (nSPS) is 14.2. The first-order valence-electron chi connectivity index (χ1n) is 11.0. The lowest BCUT2D eigenvalue weighted by Gasteiger charge is -2.23. The Morgan fingerprint density at radius 2 is 1.88 bits per heavy atom. The average Bonchev–Trinajstić information content (AvgIpc) is 3.14. The number of anilines is 1. The third-order valence-corrected chi connectivity index (χ3v) is 6.51. The summed E-state index contributed by atoms with van der Waals surface area (Å²) in [5.74, 6) is 1.82. The van der Waals surface area contributed by atoms with E-state index in [0.717, 1.165) is 66.1 Å². The van der Waals surface area contributed by atoms with Gasteiger partial charge in [-0.15, -0.1) is 11.3 Å². The molecule has 7 heteroatoms. The lowest BCUT2D eigenvalue weighted by atomic mass is 10.2. The summed E-state index contributed by atoms with van der Waals surface area (Å²) in [6, 6.07) is 16.0. The Morgan fingerprint density at radius 1 is 1.06 bits per heavy atom. The van der Waals surface area contributed by atoms with Crippen LogP contribution in [0.5, 0.6) is 11.5 Å². The van der Waals surface area contributed by atoms with Crippen molar-refractivity contribution in [1.29, 1.82) is 0 Å². The number of thiazole rings is 1. The van der Waals surface area contributed by atoms with Crippen LogP contribution < -0.4 is 14.4 Å². The van der Waals surface area contributed by atoms with E-state index in [4.69, 9.17) is 14.5 Å². The number of aromatic nitrogens is 1. The van der Waals surface area contributed by atoms with Gasteiger partial charge in [-0.1, -0.05) is 12.1 Å². The molecule has 1 aliphatic rings. The molecule has 1 fully saturated rings. The third-order valence-electron chi connectivity index (χ3n) is 5.59. The van der Waals surface area contributed by atoms with Gasteiger partial charge in [-0.3, -0.25) is 4.79 Å². The molecule has 0 spiro atoms. The molecule has 32 heavy (non-hydrogen) atoms. The molecule has 0 unspecified atom stereocenters. The van der Waals surface area contributed by atoms with E-state index < -0.39 is 0 Å². The van der Waals surface area contributed by atoms with Crippen molar-refractivity contribution in [3.8, 4) is 22.1 Å². The van der Waals surface area contributed by atoms with E-state index >= 15 is 0 Å². The molecule has 2 heterocycles. The second kappa shape index (κ2) is 10.5. The van der Waals surface area contributed by atoms with Crippen LogP contribution in [0.3, 0.4) is 0 Å². The maximum atomic E-state index is 13.0. The average molecular weight is 452 g/mol. The van der Waals surface area contributed by atoms with Crippen LogP contribution in [-0.4, -0.2) is 55.7 Å². The number of hydrogen-bond acceptors (Lipinski definition) is 6. The summed E-state index contributed by atoms with van der Waals surface area (Å²) in [5, 5.41) is 2.87. The number of methoxy groups -OCH3 is 1. The zero-order chi connectivity index (χ0) is 22.3. The highest BCUT2D eigenvalue weighted by Gasteiger charge is 2.21. The number of benzene rings is 2. The summed E-state index contributed by atoms with van der Waals surface area (Å²) < 4.78 is 11.0. The van der Waals surface area contributed by atoms with Gasteiger partial charge in [0.1, 0.15) is 16.5 Å². The van der Waals surface area contributed by atoms with Gasteiger partial charge in [-0.2, -0.15) is 0 Å². The monoisotopic (exact) mass is 451 g/mol. The van der Waals surface area contributed by atoms with E-state index in [0.29, 0.717) is 13.0 Å². The van der Waals surface area contributed by atoms with Crippen LogP contribution in [0.1, 0.15) is 19.0 Å². The first-order chi connectivity index (χ1) is 15.7. The summed E-state index contributed by atoms with van der Waals surface area (Å²) in [4.78, 5) is 22.0. The van der Waals surface area contributed by atoms with Crippen LogP contribution in [0, 0.1) is 0 Å². The van der Waals surface area contributed by atoms with Crippen molar-refractivity contribution in [2.75, 3.05) is 44.8 Å². The van der Waals surface area contributed by atoms with E-state index in [1.54, 1.807) is 18.4 Å². The van der Waals surface area contributed by atoms with Crippen molar-refractivity contribution in [2.45, 2.75) is 19.8 Å². The van der Waals surface area contributed by atoms with E-state index in [2.05, 4.69) is 17.0 Å². The van der Waals surface area contributed by atoms with Gasteiger partial charge in [0.05, 0.1) is 31.4 Å². The van der Waals surface area contributed by atoms with E-state index in [1.807, 2.05) is 53.6 Å². The summed E-state index contributed by atoms with van der Waals surface area (Å²) in [5.41, 5.74) is 2.96. The van der Waals surface area contributed by atoms with E-state index in [1.165, 1.54) is 0 Å². The number of amides is 1. The van der Waals surface area contributed by atoms with Crippen LogP contribution in [0.4, 0.5) is 5.69 Å². The van der Waals surface area contributed by atoms with Crippen LogP contribution in [0.15, 0.2) is 53.9 Å². The number of ether oxygens (including phenoxy) is 2. The van der Waals surface area contributed by atoms with Crippen molar-refractivity contribution in [1.82, 2.24) is 9.88 Å². The number of para-hydroxylation sites is 1. The smallest absolute Gasteiger partial charge is 0.228 e. The maximum absolute atomic E-state index is 13.0. The summed E-state index contributed by atoms with van der Waals surface area (Å²) in [6.45, 7) is 5.83. The van der Waals surface area contributed by atoms with E-state index in [-0.39, 0.29) is 5.91 Å². The summed E-state index contributed by atoms with van der Waals surface area (Å²) >= 11 is 1.56. The topological polar surface area (TPSA) is 54.9 Å². The molecule has 6 nitrogen and oxygen atoms in total. The first-order valence-corrected chi connectivity index (χ1v) is 11.9. The second-order valence-electron chi connectivity index (χ2n) is 7.67. The standard InChI is InChI=1S/C25H29N3O3S/c1-3-31-23-8-5-4-7-22(23)25-26-19(18-32-25)17-24(29)28-14-6-13-27(15-16-28)20-9-11-21(30-2)12-10-20/h4-5,7-12,18H,3,6,13-17H2,1-2H3. The Kier molecular flexibility index (Phi) is 7.27. The highest BCUT2D eigenvalue weighted by Crippen LogP contribution is 2.32. The minimum absolute atomic E-state index is 0.136. The zero-order valence-electron chi connectivity index (χ0n) is 18.6. The van der Waals surface area contributed by atoms with Crippen molar-refractivity contribution in [3.05, 3.63) is 59.6 Å². The Balaban J connectivity index is 1.37. The lowest BCUT2D eigenvalue weighted by Crippen LogP contribution is -2.36. The molecule has 0 N–H and O–H groups in total. The Hall–Kier alpha value is -3.06. The van der Waals surface area contributed by atoms with Gasteiger partial charge in [0, 0.05) is 37.2 Å². The van der Waals surface area contributed by atoms with Gasteiger partial charge < -0.3 is 19.3 Å². The number of carbonyl (C=O) groups is 1. The molecule has 0 saturated carbocycles. The van der Waals surface area contributed by atoms with Crippen LogP contribution in [0.2, 0.25) is 0 Å². The zero-order valence-corrected chi connectivity index (χ0v) is 19.4. The highest BCUT2D eigenvalue weighted by molar-refractivity contribution is 7.13. The minimum atomic E-state index is 0.136. The fraction of sp³-hybridized carbons (Fsp3) is 0.360. The lowest BCUT2D eigenvalue weighted by molar-refractivity contribution is -0.130. The highest BCUT2D eigenvalue weighted by atomic mass is 32.1. The second-order valence-corrected chi connectivity index (χ2v) is 8.53. The third kappa shape index (κ3) is 5.22. The summed E-state index contributed by atoms with van der Waals surface area (Å²) in [7, 11) is 1.67. The van der Waals surface area contributed by atoms with Gasteiger partial charge in [0.2, 0.25) is 5.91 Å². The molecular weight excluding hydrogens is 422 g/mol. The van der Waals surface area contributed by atoms with Crippen LogP contribution in [0.25, 0.3) is 10.6 Å². The van der Waals surface area contributed by atoms with Gasteiger partial charge in [0.15, 0.2) is 0 Å². The molecular formula is C25H29N3O3S. The van der Waals surface area contributed by atoms with Crippen LogP contribution in [-0.2, 0) is 11.2 Å². The first kappa shape index (κ1) is 22.1. The molecule has 0 atom stereocenters. The molecule has 1 saturated heterocycles.